The van der Waals surface area contributed by atoms with Crippen LogP contribution in [0.4, 0.5) is 5.69 Å². The van der Waals surface area contributed by atoms with Crippen molar-refractivity contribution in [1.29, 1.82) is 0 Å². The second-order valence-electron chi connectivity index (χ2n) is 6.76. The van der Waals surface area contributed by atoms with Crippen molar-refractivity contribution in [2.75, 3.05) is 39.2 Å². The zero-order valence-electron chi connectivity index (χ0n) is 16.8. The number of carbonyl (C=O) groups is 3. The molecule has 1 N–H and O–H groups in total. The average Bonchev–Trinajstić information content (AvgIpc) is 2.62. The molecule has 0 heterocycles. The van der Waals surface area contributed by atoms with Crippen LogP contribution in [0.1, 0.15) is 38.2 Å². The van der Waals surface area contributed by atoms with E-state index in [4.69, 9.17) is 4.74 Å². The first-order valence-electron chi connectivity index (χ1n) is 9.20. The van der Waals surface area contributed by atoms with Gasteiger partial charge < -0.3 is 19.9 Å². The number of nitrogens with one attached hydrogen (secondary N) is 1. The van der Waals surface area contributed by atoms with Crippen LogP contribution in [0.15, 0.2) is 24.3 Å². The highest BCUT2D eigenvalue weighted by atomic mass is 16.5. The lowest BCUT2D eigenvalue weighted by Crippen LogP contribution is -2.30. The Kier molecular flexibility index (Phi) is 9.93. The topological polar surface area (TPSA) is 78.9 Å². The molecule has 0 aliphatic rings. The Labute approximate surface area is 161 Å². The summed E-state index contributed by atoms with van der Waals surface area (Å²) < 4.78 is 5.05. The number of ether oxygens (including phenoxy) is 1. The van der Waals surface area contributed by atoms with Crippen molar-refractivity contribution in [3.05, 3.63) is 29.8 Å². The van der Waals surface area contributed by atoms with Crippen LogP contribution in [0.3, 0.4) is 0 Å². The number of benzene rings is 1. The van der Waals surface area contributed by atoms with Gasteiger partial charge in [-0.05, 0) is 30.5 Å². The molecule has 1 rings (SSSR count). The standard InChI is InChI=1S/C20H31N3O4/c1-16(24)21-13-7-5-6-8-20(26)27-15-19(25)23(4)14-17-9-11-18(12-10-17)22(2)3/h9-12H,5-8,13-15H2,1-4H3,(H,21,24). The van der Waals surface area contributed by atoms with Gasteiger partial charge in [0.05, 0.1) is 0 Å². The molecule has 0 atom stereocenters. The Morgan fingerprint density at radius 1 is 1.00 bits per heavy atom. The summed E-state index contributed by atoms with van der Waals surface area (Å²) in [6.45, 7) is 2.32. The van der Waals surface area contributed by atoms with E-state index in [2.05, 4.69) is 5.32 Å². The molecule has 0 fully saturated rings. The molecule has 2 amide bonds. The lowest BCUT2D eigenvalue weighted by atomic mass is 10.2. The summed E-state index contributed by atoms with van der Waals surface area (Å²) in [6, 6.07) is 7.96. The molecular weight excluding hydrogens is 346 g/mol. The number of carbonyl (C=O) groups excluding carboxylic acids is 3. The highest BCUT2D eigenvalue weighted by Gasteiger charge is 2.12. The number of likely N-dealkylation sites (N-methyl/N-ethyl adjacent to an activating group) is 1. The summed E-state index contributed by atoms with van der Waals surface area (Å²) in [5.74, 6) is -0.650. The van der Waals surface area contributed by atoms with Crippen molar-refractivity contribution in [2.24, 2.45) is 0 Å². The summed E-state index contributed by atoms with van der Waals surface area (Å²) in [5, 5.41) is 2.71. The fraction of sp³-hybridized carbons (Fsp3) is 0.550. The van der Waals surface area contributed by atoms with Crippen LogP contribution in [0.5, 0.6) is 0 Å². The van der Waals surface area contributed by atoms with Crippen LogP contribution < -0.4 is 10.2 Å². The van der Waals surface area contributed by atoms with Gasteiger partial charge in [0.1, 0.15) is 0 Å². The van der Waals surface area contributed by atoms with Crippen molar-refractivity contribution < 1.29 is 19.1 Å². The molecule has 0 bridgehead atoms. The van der Waals surface area contributed by atoms with Crippen LogP contribution in [-0.2, 0) is 25.7 Å². The molecular formula is C20H31N3O4. The Balaban J connectivity index is 2.22. The smallest absolute Gasteiger partial charge is 0.306 e. The summed E-state index contributed by atoms with van der Waals surface area (Å²) in [5.41, 5.74) is 2.11. The molecule has 7 heteroatoms. The van der Waals surface area contributed by atoms with Gasteiger partial charge in [-0.15, -0.1) is 0 Å². The Bertz CT molecular complexity index is 614. The number of hydrogen-bond donors (Lipinski definition) is 1. The molecule has 0 saturated heterocycles. The average molecular weight is 377 g/mol. The summed E-state index contributed by atoms with van der Waals surface area (Å²) in [6.07, 6.45) is 2.61. The van der Waals surface area contributed by atoms with Gasteiger partial charge >= 0.3 is 5.97 Å². The third kappa shape index (κ3) is 9.63. The van der Waals surface area contributed by atoms with Gasteiger partial charge in [0, 0.05) is 53.3 Å². The van der Waals surface area contributed by atoms with Crippen LogP contribution >= 0.6 is 0 Å². The second-order valence-corrected chi connectivity index (χ2v) is 6.76. The van der Waals surface area contributed by atoms with E-state index in [9.17, 15) is 14.4 Å². The minimum absolute atomic E-state index is 0.0503. The molecule has 150 valence electrons. The van der Waals surface area contributed by atoms with E-state index in [0.29, 0.717) is 19.5 Å². The van der Waals surface area contributed by atoms with Gasteiger partial charge in [-0.1, -0.05) is 18.6 Å². The number of esters is 1. The Morgan fingerprint density at radius 3 is 2.26 bits per heavy atom. The van der Waals surface area contributed by atoms with E-state index in [1.165, 1.54) is 6.92 Å². The van der Waals surface area contributed by atoms with Gasteiger partial charge in [-0.3, -0.25) is 14.4 Å². The summed E-state index contributed by atoms with van der Waals surface area (Å²) in [7, 11) is 5.64. The third-order valence-corrected chi connectivity index (χ3v) is 4.09. The van der Waals surface area contributed by atoms with Crippen LogP contribution in [0.2, 0.25) is 0 Å². The number of amides is 2. The van der Waals surface area contributed by atoms with E-state index in [1.807, 2.05) is 43.3 Å². The molecule has 0 radical (unpaired) electrons. The van der Waals surface area contributed by atoms with Gasteiger partial charge in [0.2, 0.25) is 5.91 Å². The number of nitrogens with zero attached hydrogens (tertiary/aromatic N) is 2. The minimum Gasteiger partial charge on any atom is -0.456 e. The quantitative estimate of drug-likeness (QED) is 0.471. The van der Waals surface area contributed by atoms with Crippen LogP contribution in [0, 0.1) is 0 Å². The van der Waals surface area contributed by atoms with Gasteiger partial charge in [-0.25, -0.2) is 0 Å². The molecule has 0 aliphatic heterocycles. The van der Waals surface area contributed by atoms with E-state index in [1.54, 1.807) is 11.9 Å². The Hall–Kier alpha value is -2.57. The van der Waals surface area contributed by atoms with Crippen LogP contribution in [0.25, 0.3) is 0 Å². The number of rotatable bonds is 11. The molecule has 0 aromatic heterocycles. The lowest BCUT2D eigenvalue weighted by molar-refractivity contribution is -0.151. The number of anilines is 1. The first-order valence-corrected chi connectivity index (χ1v) is 9.20. The predicted octanol–water partition coefficient (Wildman–Crippen LogP) is 1.95. The summed E-state index contributed by atoms with van der Waals surface area (Å²) >= 11 is 0. The zero-order valence-corrected chi connectivity index (χ0v) is 16.8. The van der Waals surface area contributed by atoms with Gasteiger partial charge in [0.15, 0.2) is 6.61 Å². The first-order chi connectivity index (χ1) is 12.8. The SMILES string of the molecule is CC(=O)NCCCCCC(=O)OCC(=O)N(C)Cc1ccc(N(C)C)cc1. The first kappa shape index (κ1) is 22.5. The van der Waals surface area contributed by atoms with E-state index in [0.717, 1.165) is 24.1 Å². The van der Waals surface area contributed by atoms with Crippen LogP contribution in [-0.4, -0.2) is 57.0 Å². The molecule has 0 saturated carbocycles. The van der Waals surface area contributed by atoms with Gasteiger partial charge in [0.25, 0.3) is 5.91 Å². The monoisotopic (exact) mass is 377 g/mol. The minimum atomic E-state index is -0.369. The molecule has 1 aromatic rings. The van der Waals surface area contributed by atoms with E-state index < -0.39 is 0 Å². The molecule has 0 spiro atoms. The van der Waals surface area contributed by atoms with Crippen molar-refractivity contribution >= 4 is 23.5 Å². The molecule has 1 aromatic carbocycles. The van der Waals surface area contributed by atoms with E-state index in [-0.39, 0.29) is 30.8 Å². The second kappa shape index (κ2) is 11.9. The van der Waals surface area contributed by atoms with Crippen molar-refractivity contribution in [1.82, 2.24) is 10.2 Å². The molecule has 0 aliphatic carbocycles. The zero-order chi connectivity index (χ0) is 20.2. The number of hydrogen-bond acceptors (Lipinski definition) is 5. The normalized spacial score (nSPS) is 10.2. The maximum absolute atomic E-state index is 12.1. The highest BCUT2D eigenvalue weighted by molar-refractivity contribution is 5.80. The highest BCUT2D eigenvalue weighted by Crippen LogP contribution is 2.13. The summed E-state index contributed by atoms with van der Waals surface area (Å²) in [4.78, 5) is 38.1. The maximum Gasteiger partial charge on any atom is 0.306 e. The molecule has 7 nitrogen and oxygen atoms in total. The van der Waals surface area contributed by atoms with Gasteiger partial charge in [-0.2, -0.15) is 0 Å². The van der Waals surface area contributed by atoms with E-state index >= 15 is 0 Å². The van der Waals surface area contributed by atoms with Crippen molar-refractivity contribution in [2.45, 2.75) is 39.2 Å². The fourth-order valence-corrected chi connectivity index (χ4v) is 2.42. The fourth-order valence-electron chi connectivity index (χ4n) is 2.42. The largest absolute Gasteiger partial charge is 0.456 e. The Morgan fingerprint density at radius 2 is 1.67 bits per heavy atom. The molecule has 0 unspecified atom stereocenters. The molecule has 27 heavy (non-hydrogen) atoms. The van der Waals surface area contributed by atoms with Crippen molar-refractivity contribution in [3.63, 3.8) is 0 Å². The maximum atomic E-state index is 12.1. The van der Waals surface area contributed by atoms with Crippen molar-refractivity contribution in [3.8, 4) is 0 Å². The lowest BCUT2D eigenvalue weighted by Gasteiger charge is -2.18. The number of unbranched alkanes of at least 4 members (excludes halogenated alkanes) is 2. The third-order valence-electron chi connectivity index (χ3n) is 4.09. The predicted molar refractivity (Wildman–Crippen MR) is 105 cm³/mol.